The summed E-state index contributed by atoms with van der Waals surface area (Å²) in [4.78, 5) is 4.71. The van der Waals surface area contributed by atoms with Gasteiger partial charge in [-0.1, -0.05) is 145 Å². The molecule has 0 fully saturated rings. The van der Waals surface area contributed by atoms with Crippen molar-refractivity contribution >= 4 is 58.4 Å². The van der Waals surface area contributed by atoms with Gasteiger partial charge in [-0.3, -0.25) is 0 Å². The first-order valence-electron chi connectivity index (χ1n) is 21.5. The number of anilines is 6. The van der Waals surface area contributed by atoms with Crippen LogP contribution in [0.4, 0.5) is 34.1 Å². The molecule has 0 heterocycles. The fourth-order valence-electron chi connectivity index (χ4n) is 8.04. The van der Waals surface area contributed by atoms with Crippen LogP contribution in [0.1, 0.15) is 57.0 Å². The largest absolute Gasteiger partial charge is 0.494 e. The molecule has 3 heteroatoms. The zero-order valence-electron chi connectivity index (χ0n) is 36.6. The van der Waals surface area contributed by atoms with Crippen molar-refractivity contribution in [1.82, 2.24) is 0 Å². The van der Waals surface area contributed by atoms with Crippen molar-refractivity contribution in [2.24, 2.45) is 0 Å². The van der Waals surface area contributed by atoms with Crippen molar-refractivity contribution in [3.05, 3.63) is 232 Å². The monoisotopic (exact) mass is 806 g/mol. The Balaban J connectivity index is 1.06. The molecule has 0 aliphatic rings. The summed E-state index contributed by atoms with van der Waals surface area (Å²) in [5, 5.41) is 0. The molecule has 3 nitrogen and oxygen atoms in total. The molecular formula is C59H54N2O. The van der Waals surface area contributed by atoms with Gasteiger partial charge < -0.3 is 14.5 Å². The van der Waals surface area contributed by atoms with Gasteiger partial charge in [-0.15, -0.1) is 0 Å². The minimum atomic E-state index is 0.665. The Morgan fingerprint density at radius 2 is 0.774 bits per heavy atom. The molecular weight excluding hydrogens is 753 g/mol. The lowest BCUT2D eigenvalue weighted by Crippen LogP contribution is -2.11. The minimum absolute atomic E-state index is 0.665. The van der Waals surface area contributed by atoms with Gasteiger partial charge >= 0.3 is 0 Å². The molecule has 0 atom stereocenters. The van der Waals surface area contributed by atoms with Crippen LogP contribution >= 0.6 is 0 Å². The highest BCUT2D eigenvalue weighted by molar-refractivity contribution is 5.83. The summed E-state index contributed by atoms with van der Waals surface area (Å²) in [6, 6.07) is 65.6. The number of hydrogen-bond donors (Lipinski definition) is 0. The van der Waals surface area contributed by atoms with Gasteiger partial charge in [0.25, 0.3) is 0 Å². The maximum Gasteiger partial charge on any atom is 0.119 e. The number of rotatable bonds is 13. The van der Waals surface area contributed by atoms with E-state index in [0.717, 1.165) is 50.9 Å². The molecule has 306 valence electrons. The average Bonchev–Trinajstić information content (AvgIpc) is 3.29. The molecule has 0 aromatic heterocycles. The third kappa shape index (κ3) is 9.65. The summed E-state index contributed by atoms with van der Waals surface area (Å²) in [5.41, 5.74) is 20.0. The smallest absolute Gasteiger partial charge is 0.119 e. The van der Waals surface area contributed by atoms with Crippen molar-refractivity contribution in [2.75, 3.05) is 16.4 Å². The van der Waals surface area contributed by atoms with Crippen LogP contribution in [0.15, 0.2) is 182 Å². The zero-order chi connectivity index (χ0) is 43.0. The van der Waals surface area contributed by atoms with Gasteiger partial charge in [0.05, 0.1) is 6.61 Å². The zero-order valence-corrected chi connectivity index (χ0v) is 36.6. The standard InChI is InChI=1S/C59H54N2O/c1-7-62-57-36-21-48(22-37-57)15-14-47-17-28-53(29-18-47)60(58-38-12-42(2)40-45(58)5)55-32-24-51(25-33-55)52-26-34-56(35-27-52)61(59-39-13-43(3)41-46(59)6)54-30-19-49(20-31-54)16-23-50-11-9-8-10-44(50)4/h8-41H,7H2,1-6H3/b15-14+,23-16+. The number of nitrogens with zero attached hydrogens (tertiary/aromatic N) is 2. The molecule has 0 aliphatic heterocycles. The Morgan fingerprint density at radius 1 is 0.387 bits per heavy atom. The SMILES string of the molecule is CCOc1ccc(/C=C/c2ccc(N(c3ccc(-c4ccc(N(c5ccc(/C=C/c6ccccc6C)cc5)c5ccc(C)cc5C)cc4)cc3)c3ccc(C)cc3C)cc2)cc1. The normalized spacial score (nSPS) is 11.3. The lowest BCUT2D eigenvalue weighted by atomic mass is 10.0. The Hall–Kier alpha value is -7.36. The maximum atomic E-state index is 5.61. The summed E-state index contributed by atoms with van der Waals surface area (Å²) in [6.07, 6.45) is 8.68. The fraction of sp³-hybridized carbons (Fsp3) is 0.119. The third-order valence-electron chi connectivity index (χ3n) is 11.4. The van der Waals surface area contributed by atoms with Gasteiger partial charge in [0.15, 0.2) is 0 Å². The van der Waals surface area contributed by atoms with E-state index in [1.807, 2.05) is 19.1 Å². The van der Waals surface area contributed by atoms with Crippen LogP contribution in [-0.2, 0) is 0 Å². The first kappa shape index (κ1) is 41.4. The number of ether oxygens (including phenoxy) is 1. The van der Waals surface area contributed by atoms with E-state index in [-0.39, 0.29) is 0 Å². The van der Waals surface area contributed by atoms with Gasteiger partial charge in [-0.25, -0.2) is 0 Å². The van der Waals surface area contributed by atoms with Crippen LogP contribution in [0.25, 0.3) is 35.4 Å². The van der Waals surface area contributed by atoms with Crippen molar-refractivity contribution in [3.63, 3.8) is 0 Å². The Bertz CT molecular complexity index is 2810. The number of aryl methyl sites for hydroxylation is 5. The van der Waals surface area contributed by atoms with Crippen molar-refractivity contribution in [2.45, 2.75) is 41.5 Å². The lowest BCUT2D eigenvalue weighted by molar-refractivity contribution is 0.340. The second-order valence-electron chi connectivity index (χ2n) is 16.1. The highest BCUT2D eigenvalue weighted by Gasteiger charge is 2.17. The second-order valence-corrected chi connectivity index (χ2v) is 16.1. The molecule has 0 N–H and O–H groups in total. The topological polar surface area (TPSA) is 15.7 Å². The van der Waals surface area contributed by atoms with Crippen LogP contribution < -0.4 is 14.5 Å². The Labute approximate surface area is 368 Å². The second kappa shape index (κ2) is 18.9. The fourth-order valence-corrected chi connectivity index (χ4v) is 8.04. The van der Waals surface area contributed by atoms with Gasteiger partial charge in [-0.2, -0.15) is 0 Å². The molecule has 0 spiro atoms. The molecule has 0 unspecified atom stereocenters. The molecule has 8 rings (SSSR count). The van der Waals surface area contributed by atoms with E-state index in [2.05, 4.69) is 239 Å². The third-order valence-corrected chi connectivity index (χ3v) is 11.4. The predicted molar refractivity (Wildman–Crippen MR) is 267 cm³/mol. The van der Waals surface area contributed by atoms with E-state index >= 15 is 0 Å². The van der Waals surface area contributed by atoms with Crippen LogP contribution in [0, 0.1) is 34.6 Å². The Kier molecular flexibility index (Phi) is 12.6. The number of benzene rings is 8. The molecule has 0 aliphatic carbocycles. The summed E-state index contributed by atoms with van der Waals surface area (Å²) in [7, 11) is 0. The molecule has 0 radical (unpaired) electrons. The molecule has 8 aromatic carbocycles. The molecule has 62 heavy (non-hydrogen) atoms. The maximum absolute atomic E-state index is 5.61. The van der Waals surface area contributed by atoms with Crippen LogP contribution in [-0.4, -0.2) is 6.61 Å². The van der Waals surface area contributed by atoms with Crippen LogP contribution in [0.3, 0.4) is 0 Å². The average molecular weight is 807 g/mol. The molecule has 0 bridgehead atoms. The van der Waals surface area contributed by atoms with Crippen LogP contribution in [0.2, 0.25) is 0 Å². The highest BCUT2D eigenvalue weighted by Crippen LogP contribution is 2.40. The molecule has 0 amide bonds. The van der Waals surface area contributed by atoms with E-state index in [4.69, 9.17) is 4.74 Å². The quantitative estimate of drug-likeness (QED) is 0.108. The van der Waals surface area contributed by atoms with Gasteiger partial charge in [-0.05, 0) is 164 Å². The van der Waals surface area contributed by atoms with E-state index in [9.17, 15) is 0 Å². The first-order chi connectivity index (χ1) is 30.2. The van der Waals surface area contributed by atoms with Gasteiger partial charge in [0.2, 0.25) is 0 Å². The van der Waals surface area contributed by atoms with Crippen molar-refractivity contribution < 1.29 is 4.74 Å². The number of hydrogen-bond acceptors (Lipinski definition) is 3. The summed E-state index contributed by atoms with van der Waals surface area (Å²) >= 11 is 0. The van der Waals surface area contributed by atoms with Gasteiger partial charge in [0, 0.05) is 34.1 Å². The van der Waals surface area contributed by atoms with Gasteiger partial charge in [0.1, 0.15) is 5.75 Å². The van der Waals surface area contributed by atoms with E-state index < -0.39 is 0 Å². The first-order valence-corrected chi connectivity index (χ1v) is 21.5. The highest BCUT2D eigenvalue weighted by atomic mass is 16.5. The van der Waals surface area contributed by atoms with Crippen molar-refractivity contribution in [3.8, 4) is 16.9 Å². The molecule has 8 aromatic rings. The predicted octanol–water partition coefficient (Wildman–Crippen LogP) is 16.6. The van der Waals surface area contributed by atoms with E-state index in [1.54, 1.807) is 0 Å². The van der Waals surface area contributed by atoms with E-state index in [0.29, 0.717) is 6.61 Å². The minimum Gasteiger partial charge on any atom is -0.494 e. The lowest BCUT2D eigenvalue weighted by Gasteiger charge is -2.28. The molecule has 0 saturated heterocycles. The molecule has 0 saturated carbocycles. The summed E-state index contributed by atoms with van der Waals surface area (Å²) in [5.74, 6) is 0.892. The summed E-state index contributed by atoms with van der Waals surface area (Å²) in [6.45, 7) is 13.5. The van der Waals surface area contributed by atoms with Crippen LogP contribution in [0.5, 0.6) is 5.75 Å². The van der Waals surface area contributed by atoms with Crippen molar-refractivity contribution in [1.29, 1.82) is 0 Å². The van der Waals surface area contributed by atoms with E-state index in [1.165, 1.54) is 50.2 Å². The summed E-state index contributed by atoms with van der Waals surface area (Å²) < 4.78 is 5.61. The Morgan fingerprint density at radius 3 is 1.18 bits per heavy atom.